The second kappa shape index (κ2) is 14.5. The molecule has 0 fully saturated rings. The average Bonchev–Trinajstić information content (AvgIpc) is 2.94. The lowest BCUT2D eigenvalue weighted by atomic mass is 10.1. The Morgan fingerprint density at radius 3 is 2.27 bits per heavy atom. The summed E-state index contributed by atoms with van der Waals surface area (Å²) in [6.07, 6.45) is 2.04. The van der Waals surface area contributed by atoms with Gasteiger partial charge in [0.1, 0.15) is 12.6 Å². The van der Waals surface area contributed by atoms with Crippen molar-refractivity contribution in [2.24, 2.45) is 0 Å². The first-order valence-corrected chi connectivity index (χ1v) is 15.4. The Morgan fingerprint density at radius 2 is 1.62 bits per heavy atom. The number of anilines is 1. The zero-order valence-electron chi connectivity index (χ0n) is 22.9. The van der Waals surface area contributed by atoms with Gasteiger partial charge in [-0.25, -0.2) is 8.42 Å². The third kappa shape index (κ3) is 7.77. The molecule has 3 rings (SSSR count). The lowest BCUT2D eigenvalue weighted by molar-refractivity contribution is -0.140. The third-order valence-corrected chi connectivity index (χ3v) is 8.94. The van der Waals surface area contributed by atoms with Crippen molar-refractivity contribution < 1.29 is 18.0 Å². The van der Waals surface area contributed by atoms with Crippen LogP contribution in [-0.2, 0) is 26.2 Å². The molecular formula is C30H35Cl2N3O4S. The molecule has 7 nitrogen and oxygen atoms in total. The quantitative estimate of drug-likeness (QED) is 0.235. The van der Waals surface area contributed by atoms with Gasteiger partial charge in [-0.3, -0.25) is 13.9 Å². The monoisotopic (exact) mass is 603 g/mol. The number of amides is 2. The molecule has 0 spiro atoms. The van der Waals surface area contributed by atoms with Gasteiger partial charge in [-0.15, -0.1) is 0 Å². The van der Waals surface area contributed by atoms with Crippen LogP contribution in [0.25, 0.3) is 0 Å². The predicted octanol–water partition coefficient (Wildman–Crippen LogP) is 6.22. The van der Waals surface area contributed by atoms with Gasteiger partial charge in [-0.05, 0) is 61.2 Å². The normalized spacial score (nSPS) is 12.0. The first-order chi connectivity index (χ1) is 19.1. The molecule has 2 amide bonds. The maximum atomic E-state index is 14.1. The molecule has 1 atom stereocenters. The number of rotatable bonds is 13. The Balaban J connectivity index is 2.07. The van der Waals surface area contributed by atoms with Gasteiger partial charge in [0.2, 0.25) is 11.8 Å². The van der Waals surface area contributed by atoms with Crippen molar-refractivity contribution in [2.45, 2.75) is 57.5 Å². The van der Waals surface area contributed by atoms with E-state index in [9.17, 15) is 18.0 Å². The van der Waals surface area contributed by atoms with Crippen molar-refractivity contribution >= 4 is 50.7 Å². The van der Waals surface area contributed by atoms with Crippen LogP contribution in [0, 0.1) is 6.92 Å². The molecule has 0 heterocycles. The Kier molecular flexibility index (Phi) is 11.4. The van der Waals surface area contributed by atoms with E-state index in [1.54, 1.807) is 61.5 Å². The van der Waals surface area contributed by atoms with Gasteiger partial charge >= 0.3 is 0 Å². The van der Waals surface area contributed by atoms with Crippen LogP contribution in [0.1, 0.15) is 44.2 Å². The van der Waals surface area contributed by atoms with Crippen molar-refractivity contribution in [1.29, 1.82) is 0 Å². The maximum Gasteiger partial charge on any atom is 0.264 e. The number of carbonyl (C=O) groups is 2. The molecule has 40 heavy (non-hydrogen) atoms. The van der Waals surface area contributed by atoms with E-state index >= 15 is 0 Å². The van der Waals surface area contributed by atoms with E-state index in [0.29, 0.717) is 34.1 Å². The number of sulfonamides is 1. The lowest BCUT2D eigenvalue weighted by Crippen LogP contribution is -2.52. The number of hydrogen-bond donors (Lipinski definition) is 1. The highest BCUT2D eigenvalue weighted by Gasteiger charge is 2.34. The first-order valence-electron chi connectivity index (χ1n) is 13.2. The Labute approximate surface area is 247 Å². The van der Waals surface area contributed by atoms with Crippen molar-refractivity contribution in [3.05, 3.63) is 94.0 Å². The minimum atomic E-state index is -4.17. The van der Waals surface area contributed by atoms with Gasteiger partial charge in [0.15, 0.2) is 0 Å². The molecule has 10 heteroatoms. The molecule has 0 aromatic heterocycles. The van der Waals surface area contributed by atoms with E-state index in [1.807, 2.05) is 13.8 Å². The van der Waals surface area contributed by atoms with E-state index in [1.165, 1.54) is 23.1 Å². The minimum Gasteiger partial charge on any atom is -0.354 e. The summed E-state index contributed by atoms with van der Waals surface area (Å²) in [5.74, 6) is -0.843. The standard InChI is InChI=1S/C30H35Cl2N3O4S/c1-4-6-18-33-30(37)27(5-2)34(20-23-12-10-11-15-26(23)32)29(36)21-35(28-19-24(31)17-16-22(28)3)40(38,39)25-13-8-7-9-14-25/h7-17,19,27H,4-6,18,20-21H2,1-3H3,(H,33,37)/t27-/m0/s1. The fourth-order valence-electron chi connectivity index (χ4n) is 4.32. The molecule has 0 aliphatic carbocycles. The SMILES string of the molecule is CCCCNC(=O)[C@H](CC)N(Cc1ccccc1Cl)C(=O)CN(c1cc(Cl)ccc1C)S(=O)(=O)c1ccccc1. The number of nitrogens with zero attached hydrogens (tertiary/aromatic N) is 2. The van der Waals surface area contributed by atoms with Crippen molar-refractivity contribution in [3.63, 3.8) is 0 Å². The van der Waals surface area contributed by atoms with Crippen molar-refractivity contribution in [2.75, 3.05) is 17.4 Å². The molecule has 0 unspecified atom stereocenters. The van der Waals surface area contributed by atoms with Gasteiger partial charge in [0.25, 0.3) is 10.0 Å². The van der Waals surface area contributed by atoms with Crippen LogP contribution in [0.2, 0.25) is 10.0 Å². The number of hydrogen-bond acceptors (Lipinski definition) is 4. The summed E-state index contributed by atoms with van der Waals surface area (Å²) in [6.45, 7) is 5.57. The highest BCUT2D eigenvalue weighted by molar-refractivity contribution is 7.92. The van der Waals surface area contributed by atoms with E-state index in [2.05, 4.69) is 5.32 Å². The maximum absolute atomic E-state index is 14.1. The van der Waals surface area contributed by atoms with Gasteiger partial charge in [-0.1, -0.05) is 85.9 Å². The summed E-state index contributed by atoms with van der Waals surface area (Å²) in [7, 11) is -4.17. The Bertz CT molecular complexity index is 1420. The molecule has 3 aromatic rings. The third-order valence-electron chi connectivity index (χ3n) is 6.56. The van der Waals surface area contributed by atoms with Gasteiger partial charge in [0.05, 0.1) is 10.6 Å². The number of benzene rings is 3. The largest absolute Gasteiger partial charge is 0.354 e. The summed E-state index contributed by atoms with van der Waals surface area (Å²) in [4.78, 5) is 28.8. The summed E-state index contributed by atoms with van der Waals surface area (Å²) >= 11 is 12.7. The Hall–Kier alpha value is -3.07. The lowest BCUT2D eigenvalue weighted by Gasteiger charge is -2.33. The summed E-state index contributed by atoms with van der Waals surface area (Å²) in [6, 6.07) is 19.0. The number of halogens is 2. The van der Waals surface area contributed by atoms with E-state index in [4.69, 9.17) is 23.2 Å². The van der Waals surface area contributed by atoms with Crippen LogP contribution >= 0.6 is 23.2 Å². The van der Waals surface area contributed by atoms with Crippen molar-refractivity contribution in [3.8, 4) is 0 Å². The second-order valence-electron chi connectivity index (χ2n) is 9.44. The smallest absolute Gasteiger partial charge is 0.264 e. The molecule has 0 aliphatic heterocycles. The fourth-order valence-corrected chi connectivity index (χ4v) is 6.17. The summed E-state index contributed by atoms with van der Waals surface area (Å²) < 4.78 is 28.9. The number of aryl methyl sites for hydroxylation is 1. The first kappa shape index (κ1) is 31.5. The number of nitrogens with one attached hydrogen (secondary N) is 1. The fraction of sp³-hybridized carbons (Fsp3) is 0.333. The minimum absolute atomic E-state index is 0.0316. The Morgan fingerprint density at radius 1 is 0.950 bits per heavy atom. The molecule has 0 aliphatic rings. The second-order valence-corrected chi connectivity index (χ2v) is 12.1. The van der Waals surface area contributed by atoms with Crippen molar-refractivity contribution in [1.82, 2.24) is 10.2 Å². The highest BCUT2D eigenvalue weighted by Crippen LogP contribution is 2.30. The topological polar surface area (TPSA) is 86.8 Å². The van der Waals surface area contributed by atoms with Gasteiger partial charge < -0.3 is 10.2 Å². The molecule has 0 saturated carbocycles. The molecule has 0 radical (unpaired) electrons. The highest BCUT2D eigenvalue weighted by atomic mass is 35.5. The van der Waals surface area contributed by atoms with E-state index in [-0.39, 0.29) is 23.0 Å². The summed E-state index contributed by atoms with van der Waals surface area (Å²) in [5, 5.41) is 3.69. The molecule has 0 saturated heterocycles. The number of unbranched alkanes of at least 4 members (excludes halogenated alkanes) is 1. The van der Waals surface area contributed by atoms with Crippen LogP contribution in [0.15, 0.2) is 77.7 Å². The van der Waals surface area contributed by atoms with E-state index < -0.39 is 28.5 Å². The van der Waals surface area contributed by atoms with Crippen LogP contribution in [0.3, 0.4) is 0 Å². The molecular weight excluding hydrogens is 569 g/mol. The zero-order chi connectivity index (χ0) is 29.3. The van der Waals surface area contributed by atoms with Gasteiger partial charge in [0, 0.05) is 23.1 Å². The van der Waals surface area contributed by atoms with Crippen LogP contribution < -0.4 is 9.62 Å². The molecule has 0 bridgehead atoms. The van der Waals surface area contributed by atoms with Crippen LogP contribution in [-0.4, -0.2) is 44.3 Å². The van der Waals surface area contributed by atoms with E-state index in [0.717, 1.165) is 17.1 Å². The molecule has 3 aromatic carbocycles. The van der Waals surface area contributed by atoms with Crippen LogP contribution in [0.5, 0.6) is 0 Å². The molecule has 214 valence electrons. The molecule has 1 N–H and O–H groups in total. The predicted molar refractivity (Wildman–Crippen MR) is 161 cm³/mol. The van der Waals surface area contributed by atoms with Crippen LogP contribution in [0.4, 0.5) is 5.69 Å². The average molecular weight is 605 g/mol. The summed E-state index contributed by atoms with van der Waals surface area (Å²) in [5.41, 5.74) is 1.55. The zero-order valence-corrected chi connectivity index (χ0v) is 25.3. The van der Waals surface area contributed by atoms with Gasteiger partial charge in [-0.2, -0.15) is 0 Å². The number of carbonyl (C=O) groups excluding carboxylic acids is 2.